The predicted molar refractivity (Wildman–Crippen MR) is 103 cm³/mol. The van der Waals surface area contributed by atoms with Gasteiger partial charge >= 0.3 is 5.97 Å². The van der Waals surface area contributed by atoms with E-state index in [0.29, 0.717) is 5.70 Å². The maximum Gasteiger partial charge on any atom is 0.354 e. The molecule has 1 aromatic rings. The molecule has 2 unspecified atom stereocenters. The lowest BCUT2D eigenvalue weighted by Crippen LogP contribution is -2.37. The van der Waals surface area contributed by atoms with E-state index in [1.165, 1.54) is 18.2 Å². The Hall–Kier alpha value is -3.29. The molecule has 2 N–H and O–H groups in total. The number of carbonyl (C=O) groups is 2. The Balaban J connectivity index is 1.88. The Bertz CT molecular complexity index is 1060. The number of rotatable bonds is 4. The minimum atomic E-state index is -1.37. The summed E-state index contributed by atoms with van der Waals surface area (Å²) in [5, 5.41) is 5.96. The summed E-state index contributed by atoms with van der Waals surface area (Å²) >= 11 is 0. The summed E-state index contributed by atoms with van der Waals surface area (Å²) in [4.78, 5) is 25.8. The first-order chi connectivity index (χ1) is 14.4. The molecule has 30 heavy (non-hydrogen) atoms. The Morgan fingerprint density at radius 2 is 2.00 bits per heavy atom. The van der Waals surface area contributed by atoms with Gasteiger partial charge in [0.2, 0.25) is 0 Å². The lowest BCUT2D eigenvalue weighted by Gasteiger charge is -2.35. The van der Waals surface area contributed by atoms with Crippen LogP contribution < -0.4 is 10.6 Å². The summed E-state index contributed by atoms with van der Waals surface area (Å²) in [6, 6.07) is 2.64. The van der Waals surface area contributed by atoms with Gasteiger partial charge in [0.05, 0.1) is 23.5 Å². The molecule has 5 nitrogen and oxygen atoms in total. The van der Waals surface area contributed by atoms with E-state index in [1.807, 2.05) is 0 Å². The second kappa shape index (κ2) is 7.51. The standard InChI is InChI=1S/C22H19F3N2O3/c1-2-30-21(29)18-10-22-14(7-8-26-18)17(25)5-6-19(22)27-11-15(22)20(28)13-9-12(23)3-4-16(13)24/h3-7,9-10,15,26-27H,2,8,11H2,1H3. The Morgan fingerprint density at radius 1 is 1.20 bits per heavy atom. The van der Waals surface area contributed by atoms with E-state index in [9.17, 15) is 22.8 Å². The Kier molecular flexibility index (Phi) is 5.01. The molecule has 8 heteroatoms. The SMILES string of the molecule is CCOC(=O)C1=CC23C(=CC=C(F)C2=CCN1)NCC3C(=O)c1cc(F)ccc1F. The summed E-state index contributed by atoms with van der Waals surface area (Å²) in [7, 11) is 0. The topological polar surface area (TPSA) is 67.4 Å². The molecule has 3 aliphatic rings. The molecule has 1 spiro atoms. The molecule has 0 saturated carbocycles. The van der Waals surface area contributed by atoms with Crippen molar-refractivity contribution in [3.63, 3.8) is 0 Å². The number of allylic oxidation sites excluding steroid dienone is 4. The lowest BCUT2D eigenvalue weighted by molar-refractivity contribution is -0.139. The number of carbonyl (C=O) groups excluding carboxylic acids is 2. The van der Waals surface area contributed by atoms with Crippen molar-refractivity contribution in [3.05, 3.63) is 82.5 Å². The monoisotopic (exact) mass is 416 g/mol. The molecule has 1 aromatic carbocycles. The third kappa shape index (κ3) is 3.03. The van der Waals surface area contributed by atoms with Crippen molar-refractivity contribution < 1.29 is 27.5 Å². The zero-order chi connectivity index (χ0) is 21.5. The fourth-order valence-corrected chi connectivity index (χ4v) is 4.26. The van der Waals surface area contributed by atoms with E-state index in [0.717, 1.165) is 18.2 Å². The number of nitrogens with one attached hydrogen (secondary N) is 2. The van der Waals surface area contributed by atoms with Crippen LogP contribution in [0.15, 0.2) is 65.3 Å². The molecule has 1 aliphatic carbocycles. The third-order valence-electron chi connectivity index (χ3n) is 5.57. The molecule has 1 saturated heterocycles. The zero-order valence-corrected chi connectivity index (χ0v) is 16.1. The molecular formula is C22H19F3N2O3. The number of benzene rings is 1. The van der Waals surface area contributed by atoms with Crippen LogP contribution in [0.5, 0.6) is 0 Å². The zero-order valence-electron chi connectivity index (χ0n) is 16.1. The van der Waals surface area contributed by atoms with Gasteiger partial charge < -0.3 is 15.4 Å². The van der Waals surface area contributed by atoms with E-state index in [-0.39, 0.29) is 31.0 Å². The summed E-state index contributed by atoms with van der Waals surface area (Å²) in [5.41, 5.74) is -1.04. The van der Waals surface area contributed by atoms with Crippen LogP contribution in [0.3, 0.4) is 0 Å². The van der Waals surface area contributed by atoms with Crippen molar-refractivity contribution in [3.8, 4) is 0 Å². The third-order valence-corrected chi connectivity index (χ3v) is 5.57. The molecule has 2 heterocycles. The van der Waals surface area contributed by atoms with Crippen molar-refractivity contribution in [2.45, 2.75) is 6.92 Å². The molecule has 0 aromatic heterocycles. The second-order valence-electron chi connectivity index (χ2n) is 7.16. The summed E-state index contributed by atoms with van der Waals surface area (Å²) in [5.74, 6) is -4.53. The van der Waals surface area contributed by atoms with Gasteiger partial charge in [-0.3, -0.25) is 4.79 Å². The van der Waals surface area contributed by atoms with Gasteiger partial charge in [-0.05, 0) is 43.4 Å². The fourth-order valence-electron chi connectivity index (χ4n) is 4.26. The highest BCUT2D eigenvalue weighted by Gasteiger charge is 2.54. The van der Waals surface area contributed by atoms with Crippen LogP contribution >= 0.6 is 0 Å². The number of esters is 1. The van der Waals surface area contributed by atoms with Gasteiger partial charge in [-0.1, -0.05) is 6.08 Å². The van der Waals surface area contributed by atoms with E-state index in [1.54, 1.807) is 13.0 Å². The second-order valence-corrected chi connectivity index (χ2v) is 7.16. The van der Waals surface area contributed by atoms with Crippen molar-refractivity contribution in [1.29, 1.82) is 0 Å². The highest BCUT2D eigenvalue weighted by atomic mass is 19.1. The smallest absolute Gasteiger partial charge is 0.354 e. The van der Waals surface area contributed by atoms with Gasteiger partial charge in [0.15, 0.2) is 5.78 Å². The van der Waals surface area contributed by atoms with Crippen molar-refractivity contribution in [2.24, 2.45) is 11.3 Å². The number of ether oxygens (including phenoxy) is 1. The molecule has 2 aliphatic heterocycles. The van der Waals surface area contributed by atoms with Gasteiger partial charge in [0, 0.05) is 24.4 Å². The first-order valence-corrected chi connectivity index (χ1v) is 9.54. The minimum absolute atomic E-state index is 0.0612. The summed E-state index contributed by atoms with van der Waals surface area (Å²) in [6.45, 7) is 1.98. The minimum Gasteiger partial charge on any atom is -0.461 e. The van der Waals surface area contributed by atoms with Crippen molar-refractivity contribution in [2.75, 3.05) is 19.7 Å². The quantitative estimate of drug-likeness (QED) is 0.583. The highest BCUT2D eigenvalue weighted by molar-refractivity contribution is 6.00. The number of hydrogen-bond acceptors (Lipinski definition) is 5. The lowest BCUT2D eigenvalue weighted by atomic mass is 9.65. The van der Waals surface area contributed by atoms with Gasteiger partial charge in [0.25, 0.3) is 0 Å². The van der Waals surface area contributed by atoms with Crippen LogP contribution in [0.1, 0.15) is 17.3 Å². The maximum atomic E-state index is 14.9. The van der Waals surface area contributed by atoms with Crippen LogP contribution in [0.25, 0.3) is 0 Å². The number of ketones is 1. The van der Waals surface area contributed by atoms with Crippen LogP contribution in [0, 0.1) is 23.0 Å². The molecule has 1 fully saturated rings. The van der Waals surface area contributed by atoms with Gasteiger partial charge in [-0.2, -0.15) is 0 Å². The van der Waals surface area contributed by atoms with E-state index >= 15 is 0 Å². The van der Waals surface area contributed by atoms with E-state index in [4.69, 9.17) is 4.74 Å². The number of Topliss-reactive ketones (excluding diaryl/α,β-unsaturated/α-hetero) is 1. The van der Waals surface area contributed by atoms with Crippen molar-refractivity contribution in [1.82, 2.24) is 10.6 Å². The van der Waals surface area contributed by atoms with Crippen LogP contribution in [-0.2, 0) is 9.53 Å². The van der Waals surface area contributed by atoms with Gasteiger partial charge in [0.1, 0.15) is 23.2 Å². The average molecular weight is 416 g/mol. The first-order valence-electron chi connectivity index (χ1n) is 9.54. The summed E-state index contributed by atoms with van der Waals surface area (Å²) < 4.78 is 48.0. The van der Waals surface area contributed by atoms with Crippen molar-refractivity contribution >= 4 is 11.8 Å². The Morgan fingerprint density at radius 3 is 2.77 bits per heavy atom. The molecular weight excluding hydrogens is 397 g/mol. The first kappa shape index (κ1) is 20.0. The number of halogens is 3. The molecule has 2 atom stereocenters. The predicted octanol–water partition coefficient (Wildman–Crippen LogP) is 3.08. The molecule has 156 valence electrons. The highest BCUT2D eigenvalue weighted by Crippen LogP contribution is 2.53. The van der Waals surface area contributed by atoms with E-state index in [2.05, 4.69) is 10.6 Å². The van der Waals surface area contributed by atoms with E-state index < -0.39 is 46.1 Å². The molecule has 0 radical (unpaired) electrons. The molecule has 0 amide bonds. The maximum absolute atomic E-state index is 14.9. The average Bonchev–Trinajstić information content (AvgIpc) is 2.95. The summed E-state index contributed by atoms with van der Waals surface area (Å²) in [6.07, 6.45) is 5.77. The largest absolute Gasteiger partial charge is 0.461 e. The van der Waals surface area contributed by atoms with Crippen LogP contribution in [0.4, 0.5) is 13.2 Å². The Labute approximate surface area is 171 Å². The van der Waals surface area contributed by atoms with Gasteiger partial charge in [-0.25, -0.2) is 18.0 Å². The molecule has 0 bridgehead atoms. The fraction of sp³-hybridized carbons (Fsp3) is 0.273. The van der Waals surface area contributed by atoms with Gasteiger partial charge in [-0.15, -0.1) is 0 Å². The molecule has 4 rings (SSSR count). The normalized spacial score (nSPS) is 24.6. The van der Waals surface area contributed by atoms with Crippen LogP contribution in [0.2, 0.25) is 0 Å². The van der Waals surface area contributed by atoms with Crippen LogP contribution in [-0.4, -0.2) is 31.4 Å². The number of hydrogen-bond donors (Lipinski definition) is 2.